The van der Waals surface area contributed by atoms with Crippen LogP contribution in [0.15, 0.2) is 60.8 Å². The number of hydrogen-bond donors (Lipinski definition) is 2. The van der Waals surface area contributed by atoms with Crippen molar-refractivity contribution in [3.8, 4) is 0 Å². The number of carbonyl (C=O) groups is 1. The highest BCUT2D eigenvalue weighted by Gasteiger charge is 2.16. The van der Waals surface area contributed by atoms with Gasteiger partial charge in [-0.25, -0.2) is 4.98 Å². The van der Waals surface area contributed by atoms with Gasteiger partial charge in [-0.3, -0.25) is 14.8 Å². The minimum atomic E-state index is -0.639. The molecule has 7 heteroatoms. The fourth-order valence-corrected chi connectivity index (χ4v) is 3.14. The minimum absolute atomic E-state index is 0.240. The first-order valence-electron chi connectivity index (χ1n) is 9.26. The van der Waals surface area contributed by atoms with Crippen molar-refractivity contribution in [3.63, 3.8) is 0 Å². The number of fused-ring (bicyclic) bond motifs is 1. The number of pyridine rings is 1. The van der Waals surface area contributed by atoms with Gasteiger partial charge in [0.25, 0.3) is 0 Å². The molecule has 2 N–H and O–H groups in total. The van der Waals surface area contributed by atoms with Crippen LogP contribution in [0, 0.1) is 5.95 Å². The quantitative estimate of drug-likeness (QED) is 0.348. The van der Waals surface area contributed by atoms with Crippen molar-refractivity contribution in [3.05, 3.63) is 72.3 Å². The van der Waals surface area contributed by atoms with Crippen LogP contribution >= 0.6 is 0 Å². The Kier molecular flexibility index (Phi) is 4.95. The molecule has 0 aliphatic carbocycles. The largest absolute Gasteiger partial charge is 0.338 e. The number of halogens is 1. The zero-order valence-electron chi connectivity index (χ0n) is 16.1. The Morgan fingerprint density at radius 3 is 2.62 bits per heavy atom. The Morgan fingerprint density at radius 2 is 1.90 bits per heavy atom. The van der Waals surface area contributed by atoms with Crippen LogP contribution in [-0.4, -0.2) is 21.6 Å². The van der Waals surface area contributed by atoms with E-state index in [1.165, 1.54) is 22.6 Å². The smallest absolute Gasteiger partial charge is 0.218 e. The summed E-state index contributed by atoms with van der Waals surface area (Å²) in [4.78, 5) is 17.3. The number of rotatable bonds is 6. The van der Waals surface area contributed by atoms with Crippen LogP contribution in [0.5, 0.6) is 0 Å². The Labute approximate surface area is 167 Å². The number of H-pyrrole nitrogens is 1. The summed E-state index contributed by atoms with van der Waals surface area (Å²) in [6, 6.07) is 16.0. The molecule has 146 valence electrons. The van der Waals surface area contributed by atoms with Crippen molar-refractivity contribution in [2.45, 2.75) is 19.8 Å². The van der Waals surface area contributed by atoms with Gasteiger partial charge in [0.15, 0.2) is 5.82 Å². The number of nitrogens with one attached hydrogen (secondary N) is 2. The second kappa shape index (κ2) is 7.71. The van der Waals surface area contributed by atoms with Crippen LogP contribution in [0.2, 0.25) is 0 Å². The monoisotopic (exact) mass is 389 g/mol. The van der Waals surface area contributed by atoms with Gasteiger partial charge in [0.05, 0.1) is 17.4 Å². The molecule has 0 aliphatic rings. The summed E-state index contributed by atoms with van der Waals surface area (Å²) >= 11 is 0. The third-order valence-corrected chi connectivity index (χ3v) is 4.75. The molecule has 0 unspecified atom stereocenters. The molecule has 6 nitrogen and oxygen atoms in total. The summed E-state index contributed by atoms with van der Waals surface area (Å²) in [6.07, 6.45) is 2.42. The molecule has 2 aromatic carbocycles. The molecule has 2 heterocycles. The van der Waals surface area contributed by atoms with Gasteiger partial charge in [0.1, 0.15) is 0 Å². The number of aromatic amines is 1. The van der Waals surface area contributed by atoms with Crippen LogP contribution in [0.3, 0.4) is 0 Å². The van der Waals surface area contributed by atoms with Gasteiger partial charge in [0, 0.05) is 16.8 Å². The summed E-state index contributed by atoms with van der Waals surface area (Å²) < 4.78 is 13.9. The molecule has 0 bridgehead atoms. The summed E-state index contributed by atoms with van der Waals surface area (Å²) in [6.45, 7) is 4.21. The molecule has 0 radical (unpaired) electrons. The molecule has 4 aromatic rings. The third kappa shape index (κ3) is 3.80. The van der Waals surface area contributed by atoms with Crippen molar-refractivity contribution in [2.24, 2.45) is 0 Å². The lowest BCUT2D eigenvalue weighted by Gasteiger charge is -2.21. The number of aromatic nitrogens is 3. The fourth-order valence-electron chi connectivity index (χ4n) is 3.14. The second-order valence-corrected chi connectivity index (χ2v) is 7.02. The Bertz CT molecular complexity index is 1150. The number of benzene rings is 2. The van der Waals surface area contributed by atoms with Crippen LogP contribution < -0.4 is 10.2 Å². The molecule has 0 aliphatic heterocycles. The number of nitrogens with zero attached hydrogens (tertiary/aromatic N) is 3. The van der Waals surface area contributed by atoms with Crippen molar-refractivity contribution in [1.29, 1.82) is 0 Å². The van der Waals surface area contributed by atoms with E-state index >= 15 is 0 Å². The summed E-state index contributed by atoms with van der Waals surface area (Å²) in [7, 11) is 0. The molecule has 0 atom stereocenters. The number of carbonyl (C=O) groups excluding carboxylic acids is 1. The lowest BCUT2D eigenvalue weighted by Crippen LogP contribution is -2.16. The molecular weight excluding hydrogens is 369 g/mol. The zero-order chi connectivity index (χ0) is 20.4. The normalized spacial score (nSPS) is 11.0. The third-order valence-electron chi connectivity index (χ3n) is 4.75. The molecular formula is C22H20FN5O. The Morgan fingerprint density at radius 1 is 1.10 bits per heavy atom. The summed E-state index contributed by atoms with van der Waals surface area (Å²) in [5.74, 6) is -0.0142. The van der Waals surface area contributed by atoms with Crippen LogP contribution in [0.1, 0.15) is 25.3 Å². The molecule has 2 aromatic heterocycles. The van der Waals surface area contributed by atoms with Crippen LogP contribution in [0.4, 0.5) is 27.3 Å². The van der Waals surface area contributed by atoms with E-state index in [2.05, 4.69) is 34.3 Å². The van der Waals surface area contributed by atoms with E-state index in [0.29, 0.717) is 29.4 Å². The van der Waals surface area contributed by atoms with E-state index in [0.717, 1.165) is 10.9 Å². The standard InChI is InChI=1S/C22H20FN5O/c1-14(2)15-4-7-18(8-5-15)28(13-29)20-9-10-21(23)26-22(20)25-17-6-3-16-12-24-27-19(16)11-17/h3-14H,1-2H3,(H,24,27)(H,25,26). The number of hydrogen-bond acceptors (Lipinski definition) is 4. The van der Waals surface area contributed by atoms with Crippen molar-refractivity contribution < 1.29 is 9.18 Å². The predicted molar refractivity (Wildman–Crippen MR) is 112 cm³/mol. The van der Waals surface area contributed by atoms with Crippen molar-refractivity contribution in [1.82, 2.24) is 15.2 Å². The lowest BCUT2D eigenvalue weighted by atomic mass is 10.0. The average Bonchev–Trinajstić information content (AvgIpc) is 3.18. The first kappa shape index (κ1) is 18.6. The number of amides is 1. The topological polar surface area (TPSA) is 73.9 Å². The lowest BCUT2D eigenvalue weighted by molar-refractivity contribution is -0.106. The minimum Gasteiger partial charge on any atom is -0.338 e. The maximum atomic E-state index is 13.9. The van der Waals surface area contributed by atoms with Gasteiger partial charge < -0.3 is 5.32 Å². The highest BCUT2D eigenvalue weighted by molar-refractivity contribution is 5.92. The van der Waals surface area contributed by atoms with E-state index in [4.69, 9.17) is 0 Å². The van der Waals surface area contributed by atoms with E-state index in [1.807, 2.05) is 42.5 Å². The molecule has 29 heavy (non-hydrogen) atoms. The first-order chi connectivity index (χ1) is 14.0. The zero-order valence-corrected chi connectivity index (χ0v) is 16.1. The molecule has 0 saturated carbocycles. The SMILES string of the molecule is CC(C)c1ccc(N(C=O)c2ccc(F)nc2Nc2ccc3cn[nH]c3c2)cc1. The number of anilines is 4. The molecule has 4 rings (SSSR count). The molecule has 0 saturated heterocycles. The molecule has 0 fully saturated rings. The maximum absolute atomic E-state index is 13.9. The van der Waals surface area contributed by atoms with Gasteiger partial charge in [-0.05, 0) is 53.9 Å². The van der Waals surface area contributed by atoms with Gasteiger partial charge >= 0.3 is 0 Å². The van der Waals surface area contributed by atoms with Crippen molar-refractivity contribution in [2.75, 3.05) is 10.2 Å². The van der Waals surface area contributed by atoms with Gasteiger partial charge in [-0.2, -0.15) is 9.49 Å². The molecule has 1 amide bonds. The second-order valence-electron chi connectivity index (χ2n) is 7.02. The first-order valence-corrected chi connectivity index (χ1v) is 9.26. The van der Waals surface area contributed by atoms with E-state index in [1.54, 1.807) is 6.20 Å². The van der Waals surface area contributed by atoms with Crippen LogP contribution in [-0.2, 0) is 4.79 Å². The van der Waals surface area contributed by atoms with Crippen molar-refractivity contribution >= 4 is 40.2 Å². The summed E-state index contributed by atoms with van der Waals surface area (Å²) in [5.41, 5.74) is 3.82. The van der Waals surface area contributed by atoms with Crippen LogP contribution in [0.25, 0.3) is 10.9 Å². The highest BCUT2D eigenvalue weighted by atomic mass is 19.1. The fraction of sp³-hybridized carbons (Fsp3) is 0.136. The molecule has 0 spiro atoms. The Balaban J connectivity index is 1.71. The van der Waals surface area contributed by atoms with Gasteiger partial charge in [0.2, 0.25) is 12.4 Å². The predicted octanol–water partition coefficient (Wildman–Crippen LogP) is 5.26. The van der Waals surface area contributed by atoms with Gasteiger partial charge in [-0.1, -0.05) is 26.0 Å². The maximum Gasteiger partial charge on any atom is 0.218 e. The van der Waals surface area contributed by atoms with E-state index in [9.17, 15) is 9.18 Å². The summed E-state index contributed by atoms with van der Waals surface area (Å²) in [5, 5.41) is 11.0. The average molecular weight is 389 g/mol. The van der Waals surface area contributed by atoms with Gasteiger partial charge in [-0.15, -0.1) is 0 Å². The Hall–Kier alpha value is -3.74. The van der Waals surface area contributed by atoms with E-state index in [-0.39, 0.29) is 5.82 Å². The van der Waals surface area contributed by atoms with E-state index < -0.39 is 5.95 Å². The highest BCUT2D eigenvalue weighted by Crippen LogP contribution is 2.33.